The summed E-state index contributed by atoms with van der Waals surface area (Å²) in [5, 5.41) is 7.14. The van der Waals surface area contributed by atoms with Crippen LogP contribution in [0.2, 0.25) is 0 Å². The molecule has 5 heteroatoms. The molecule has 0 aliphatic carbocycles. The van der Waals surface area contributed by atoms with E-state index in [1.165, 1.54) is 28.6 Å². The van der Waals surface area contributed by atoms with Crippen LogP contribution in [0.25, 0.3) is 10.1 Å². The summed E-state index contributed by atoms with van der Waals surface area (Å²) >= 11 is 1.78. The van der Waals surface area contributed by atoms with Crippen LogP contribution >= 0.6 is 11.3 Å². The Morgan fingerprint density at radius 2 is 2.09 bits per heavy atom. The number of hydrogen-bond acceptors (Lipinski definition) is 4. The molecule has 1 aromatic carbocycles. The molecule has 122 valence electrons. The Morgan fingerprint density at radius 1 is 1.22 bits per heavy atom. The van der Waals surface area contributed by atoms with Crippen molar-refractivity contribution in [2.75, 3.05) is 38.0 Å². The summed E-state index contributed by atoms with van der Waals surface area (Å²) in [5.74, 6) is 0.308. The fraction of sp³-hybridized carbons (Fsp3) is 0.500. The highest BCUT2D eigenvalue weighted by Crippen LogP contribution is 2.29. The highest BCUT2D eigenvalue weighted by molar-refractivity contribution is 7.17. The van der Waals surface area contributed by atoms with Gasteiger partial charge in [-0.2, -0.15) is 0 Å². The van der Waals surface area contributed by atoms with Crippen molar-refractivity contribution in [3.8, 4) is 0 Å². The molecule has 0 radical (unpaired) electrons. The van der Waals surface area contributed by atoms with Crippen molar-refractivity contribution >= 4 is 33.0 Å². The van der Waals surface area contributed by atoms with Crippen molar-refractivity contribution in [1.29, 1.82) is 0 Å². The van der Waals surface area contributed by atoms with E-state index >= 15 is 0 Å². The van der Waals surface area contributed by atoms with E-state index in [9.17, 15) is 4.79 Å². The summed E-state index contributed by atoms with van der Waals surface area (Å²) in [6.07, 6.45) is 3.44. The topological polar surface area (TPSA) is 35.6 Å². The van der Waals surface area contributed by atoms with Gasteiger partial charge in [0.05, 0.1) is 6.54 Å². The maximum Gasteiger partial charge on any atom is 0.236 e. The van der Waals surface area contributed by atoms with E-state index in [1.807, 2.05) is 4.90 Å². The Bertz CT molecular complexity index is 692. The van der Waals surface area contributed by atoms with Crippen molar-refractivity contribution < 1.29 is 4.79 Å². The van der Waals surface area contributed by atoms with Gasteiger partial charge in [-0.25, -0.2) is 0 Å². The second-order valence-corrected chi connectivity index (χ2v) is 7.54. The minimum Gasteiger partial charge on any atom is -0.380 e. The molecule has 1 N–H and O–H groups in total. The van der Waals surface area contributed by atoms with E-state index in [0.29, 0.717) is 18.5 Å². The number of anilines is 1. The normalized spacial score (nSPS) is 22.1. The maximum atomic E-state index is 12.3. The lowest BCUT2D eigenvalue weighted by atomic mass is 10.2. The number of amides is 1. The minimum atomic E-state index is 0.308. The molecular formula is C18H23N3OS. The van der Waals surface area contributed by atoms with Crippen LogP contribution in [0.5, 0.6) is 0 Å². The Kier molecular flexibility index (Phi) is 4.23. The first-order chi connectivity index (χ1) is 11.3. The fourth-order valence-electron chi connectivity index (χ4n) is 3.69. The number of carbonyl (C=O) groups is 1. The van der Waals surface area contributed by atoms with Crippen molar-refractivity contribution in [3.05, 3.63) is 29.6 Å². The average molecular weight is 329 g/mol. The molecule has 2 aromatic rings. The highest BCUT2D eigenvalue weighted by atomic mass is 32.1. The third-order valence-electron chi connectivity index (χ3n) is 4.95. The third kappa shape index (κ3) is 3.21. The van der Waals surface area contributed by atoms with Gasteiger partial charge in [-0.3, -0.25) is 9.69 Å². The van der Waals surface area contributed by atoms with E-state index in [-0.39, 0.29) is 0 Å². The second-order valence-electron chi connectivity index (χ2n) is 6.59. The first kappa shape index (κ1) is 15.0. The van der Waals surface area contributed by atoms with Crippen LogP contribution in [0.3, 0.4) is 0 Å². The number of hydrogen-bond donors (Lipinski definition) is 1. The van der Waals surface area contributed by atoms with Crippen molar-refractivity contribution in [2.24, 2.45) is 0 Å². The first-order valence-electron chi connectivity index (χ1n) is 8.52. The van der Waals surface area contributed by atoms with Crippen molar-refractivity contribution in [1.82, 2.24) is 9.80 Å². The highest BCUT2D eigenvalue weighted by Gasteiger charge is 2.26. The molecule has 1 atom stereocenters. The molecule has 4 nitrogen and oxygen atoms in total. The molecule has 1 unspecified atom stereocenters. The smallest absolute Gasteiger partial charge is 0.236 e. The second kappa shape index (κ2) is 6.49. The third-order valence-corrected chi connectivity index (χ3v) is 5.83. The summed E-state index contributed by atoms with van der Waals surface area (Å²) in [6, 6.07) is 9.07. The van der Waals surface area contributed by atoms with Gasteiger partial charge < -0.3 is 10.2 Å². The molecule has 1 amide bonds. The Hall–Kier alpha value is -1.59. The largest absolute Gasteiger partial charge is 0.380 e. The molecule has 0 saturated carbocycles. The molecule has 0 bridgehead atoms. The quantitative estimate of drug-likeness (QED) is 0.936. The number of thiophene rings is 1. The standard InChI is InChI=1S/C18H23N3OS/c22-18(21-8-1-2-9-21)13-20-10-6-14(12-20)19-16-4-3-5-17-15(16)7-11-23-17/h3-5,7,11,14,19H,1-2,6,8-10,12-13H2. The molecule has 2 saturated heterocycles. The molecule has 2 aliphatic heterocycles. The molecule has 23 heavy (non-hydrogen) atoms. The predicted molar refractivity (Wildman–Crippen MR) is 96.1 cm³/mol. The van der Waals surface area contributed by atoms with E-state index in [0.717, 1.165) is 32.6 Å². The van der Waals surface area contributed by atoms with Gasteiger partial charge in [0, 0.05) is 48.0 Å². The summed E-state index contributed by atoms with van der Waals surface area (Å²) in [5.41, 5.74) is 1.22. The number of benzene rings is 1. The summed E-state index contributed by atoms with van der Waals surface area (Å²) in [6.45, 7) is 4.46. The summed E-state index contributed by atoms with van der Waals surface area (Å²) < 4.78 is 1.33. The predicted octanol–water partition coefficient (Wildman–Crippen LogP) is 3.01. The van der Waals surface area contributed by atoms with Crippen LogP contribution < -0.4 is 5.32 Å². The number of carbonyl (C=O) groups excluding carboxylic acids is 1. The number of rotatable bonds is 4. The Labute approximate surface area is 141 Å². The van der Waals surface area contributed by atoms with Crippen LogP contribution in [-0.4, -0.2) is 54.5 Å². The van der Waals surface area contributed by atoms with Gasteiger partial charge in [0.1, 0.15) is 0 Å². The molecule has 4 rings (SSSR count). The zero-order valence-corrected chi connectivity index (χ0v) is 14.1. The number of nitrogens with zero attached hydrogens (tertiary/aromatic N) is 2. The molecule has 2 aliphatic rings. The van der Waals surface area contributed by atoms with Crippen molar-refractivity contribution in [3.63, 3.8) is 0 Å². The number of nitrogens with one attached hydrogen (secondary N) is 1. The summed E-state index contributed by atoms with van der Waals surface area (Å²) in [4.78, 5) is 16.6. The number of fused-ring (bicyclic) bond motifs is 1. The van der Waals surface area contributed by atoms with Gasteiger partial charge in [0.25, 0.3) is 0 Å². The van der Waals surface area contributed by atoms with E-state index in [4.69, 9.17) is 0 Å². The van der Waals surface area contributed by atoms with Gasteiger partial charge in [-0.15, -0.1) is 11.3 Å². The zero-order chi connectivity index (χ0) is 15.6. The van der Waals surface area contributed by atoms with Crippen LogP contribution in [0.15, 0.2) is 29.6 Å². The Morgan fingerprint density at radius 3 is 2.96 bits per heavy atom. The maximum absolute atomic E-state index is 12.3. The number of likely N-dealkylation sites (tertiary alicyclic amines) is 2. The molecule has 3 heterocycles. The molecule has 2 fully saturated rings. The lowest BCUT2D eigenvalue weighted by Gasteiger charge is -2.21. The lowest BCUT2D eigenvalue weighted by molar-refractivity contribution is -0.131. The van der Waals surface area contributed by atoms with E-state index in [2.05, 4.69) is 39.9 Å². The molecular weight excluding hydrogens is 306 g/mol. The van der Waals surface area contributed by atoms with Crippen LogP contribution in [-0.2, 0) is 4.79 Å². The fourth-order valence-corrected chi connectivity index (χ4v) is 4.50. The van der Waals surface area contributed by atoms with E-state index < -0.39 is 0 Å². The minimum absolute atomic E-state index is 0.308. The van der Waals surface area contributed by atoms with Gasteiger partial charge in [0.15, 0.2) is 0 Å². The van der Waals surface area contributed by atoms with Crippen molar-refractivity contribution in [2.45, 2.75) is 25.3 Å². The SMILES string of the molecule is O=C(CN1CCC(Nc2cccc3sccc23)C1)N1CCCC1. The van der Waals surface area contributed by atoms with Gasteiger partial charge >= 0.3 is 0 Å². The summed E-state index contributed by atoms with van der Waals surface area (Å²) in [7, 11) is 0. The van der Waals surface area contributed by atoms with Crippen LogP contribution in [0.1, 0.15) is 19.3 Å². The van der Waals surface area contributed by atoms with Crippen LogP contribution in [0, 0.1) is 0 Å². The van der Waals surface area contributed by atoms with Gasteiger partial charge in [0.2, 0.25) is 5.91 Å². The lowest BCUT2D eigenvalue weighted by Crippen LogP contribution is -2.38. The zero-order valence-electron chi connectivity index (χ0n) is 13.3. The van der Waals surface area contributed by atoms with Gasteiger partial charge in [-0.1, -0.05) is 6.07 Å². The first-order valence-corrected chi connectivity index (χ1v) is 9.40. The monoisotopic (exact) mass is 329 g/mol. The molecule has 0 spiro atoms. The van der Waals surface area contributed by atoms with Crippen LogP contribution in [0.4, 0.5) is 5.69 Å². The molecule has 1 aromatic heterocycles. The van der Waals surface area contributed by atoms with E-state index in [1.54, 1.807) is 11.3 Å². The average Bonchev–Trinajstić information content (AvgIpc) is 3.29. The van der Waals surface area contributed by atoms with Gasteiger partial charge in [-0.05, 0) is 42.8 Å². The Balaban J connectivity index is 1.35.